The van der Waals surface area contributed by atoms with Gasteiger partial charge >= 0.3 is 0 Å². The lowest BCUT2D eigenvalue weighted by atomic mass is 10.2. The van der Waals surface area contributed by atoms with Crippen molar-refractivity contribution in [2.24, 2.45) is 0 Å². The predicted octanol–water partition coefficient (Wildman–Crippen LogP) is 3.99. The van der Waals surface area contributed by atoms with E-state index in [2.05, 4.69) is 21.2 Å². The average molecular weight is 342 g/mol. The molecule has 0 radical (unpaired) electrons. The predicted molar refractivity (Wildman–Crippen MR) is 75.0 cm³/mol. The van der Waals surface area contributed by atoms with Crippen molar-refractivity contribution in [2.45, 2.75) is 0 Å². The summed E-state index contributed by atoms with van der Waals surface area (Å²) >= 11 is 3.29. The average Bonchev–Trinajstić information content (AvgIpc) is 2.43. The number of carbonyl (C=O) groups is 1. The van der Waals surface area contributed by atoms with Gasteiger partial charge in [-0.1, -0.05) is 0 Å². The summed E-state index contributed by atoms with van der Waals surface area (Å²) in [5.74, 6) is -2.04. The van der Waals surface area contributed by atoms with E-state index in [9.17, 15) is 13.6 Å². The summed E-state index contributed by atoms with van der Waals surface area (Å²) in [5, 5.41) is 2.58. The van der Waals surface area contributed by atoms with Crippen LogP contribution >= 0.6 is 15.9 Å². The molecule has 0 spiro atoms. The second-order valence-corrected chi connectivity index (χ2v) is 4.79. The van der Waals surface area contributed by atoms with Gasteiger partial charge in [0.05, 0.1) is 11.6 Å². The molecule has 2 aromatic rings. The fourth-order valence-electron chi connectivity index (χ4n) is 1.58. The van der Waals surface area contributed by atoms with Gasteiger partial charge < -0.3 is 10.1 Å². The molecule has 0 bridgehead atoms. The van der Waals surface area contributed by atoms with Crippen molar-refractivity contribution in [3.8, 4) is 5.75 Å². The highest BCUT2D eigenvalue weighted by Gasteiger charge is 2.11. The minimum Gasteiger partial charge on any atom is -0.495 e. The van der Waals surface area contributed by atoms with Crippen molar-refractivity contribution < 1.29 is 18.3 Å². The molecule has 0 aliphatic heterocycles. The molecule has 104 valence electrons. The maximum atomic E-state index is 13.1. The standard InChI is InChI=1S/C14H10BrF2NO2/c1-20-13-7-9(3-4-10(13)15)18-14(19)8-2-5-11(16)12(17)6-8/h2-7H,1H3,(H,18,19). The first-order valence-corrected chi connectivity index (χ1v) is 6.40. The van der Waals surface area contributed by atoms with E-state index >= 15 is 0 Å². The molecule has 1 amide bonds. The van der Waals surface area contributed by atoms with E-state index in [1.54, 1.807) is 18.2 Å². The number of nitrogens with one attached hydrogen (secondary N) is 1. The lowest BCUT2D eigenvalue weighted by Gasteiger charge is -2.08. The van der Waals surface area contributed by atoms with E-state index in [0.717, 1.165) is 16.6 Å². The molecule has 6 heteroatoms. The molecule has 0 saturated heterocycles. The maximum Gasteiger partial charge on any atom is 0.255 e. The fraction of sp³-hybridized carbons (Fsp3) is 0.0714. The zero-order valence-electron chi connectivity index (χ0n) is 10.4. The maximum absolute atomic E-state index is 13.1. The third-order valence-corrected chi connectivity index (χ3v) is 3.25. The molecule has 0 saturated carbocycles. The smallest absolute Gasteiger partial charge is 0.255 e. The number of carbonyl (C=O) groups excluding carboxylic acids is 1. The molecule has 0 aliphatic carbocycles. The van der Waals surface area contributed by atoms with Crippen molar-refractivity contribution in [2.75, 3.05) is 12.4 Å². The van der Waals surface area contributed by atoms with E-state index < -0.39 is 17.5 Å². The molecule has 20 heavy (non-hydrogen) atoms. The Kier molecular flexibility index (Phi) is 4.34. The first-order valence-electron chi connectivity index (χ1n) is 5.61. The summed E-state index contributed by atoms with van der Waals surface area (Å²) in [6, 6.07) is 7.95. The van der Waals surface area contributed by atoms with Crippen molar-refractivity contribution in [1.29, 1.82) is 0 Å². The van der Waals surface area contributed by atoms with E-state index in [1.807, 2.05) is 0 Å². The lowest BCUT2D eigenvalue weighted by molar-refractivity contribution is 0.102. The highest BCUT2D eigenvalue weighted by atomic mass is 79.9. The van der Waals surface area contributed by atoms with Crippen LogP contribution in [0.5, 0.6) is 5.75 Å². The normalized spacial score (nSPS) is 10.2. The molecular formula is C14H10BrF2NO2. The third kappa shape index (κ3) is 3.14. The highest BCUT2D eigenvalue weighted by Crippen LogP contribution is 2.28. The zero-order chi connectivity index (χ0) is 14.7. The van der Waals surface area contributed by atoms with Crippen LogP contribution < -0.4 is 10.1 Å². The lowest BCUT2D eigenvalue weighted by Crippen LogP contribution is -2.12. The number of anilines is 1. The molecule has 0 atom stereocenters. The van der Waals surface area contributed by atoms with Crippen LogP contribution in [0, 0.1) is 11.6 Å². The van der Waals surface area contributed by atoms with Crippen molar-refractivity contribution in [3.05, 3.63) is 58.1 Å². The minimum absolute atomic E-state index is 0.0331. The molecular weight excluding hydrogens is 332 g/mol. The molecule has 0 unspecified atom stereocenters. The van der Waals surface area contributed by atoms with Crippen molar-refractivity contribution in [3.63, 3.8) is 0 Å². The number of hydrogen-bond donors (Lipinski definition) is 1. The number of ether oxygens (including phenoxy) is 1. The molecule has 0 aromatic heterocycles. The first kappa shape index (κ1) is 14.5. The van der Waals surface area contributed by atoms with E-state index in [0.29, 0.717) is 11.4 Å². The fourth-order valence-corrected chi connectivity index (χ4v) is 1.99. The Labute approximate surface area is 122 Å². The van der Waals surface area contributed by atoms with Crippen LogP contribution in [-0.4, -0.2) is 13.0 Å². The zero-order valence-corrected chi connectivity index (χ0v) is 12.0. The Morgan fingerprint density at radius 3 is 2.55 bits per heavy atom. The van der Waals surface area contributed by atoms with Gasteiger partial charge in [-0.05, 0) is 46.3 Å². The largest absolute Gasteiger partial charge is 0.495 e. The summed E-state index contributed by atoms with van der Waals surface area (Å²) in [6.45, 7) is 0. The highest BCUT2D eigenvalue weighted by molar-refractivity contribution is 9.10. The quantitative estimate of drug-likeness (QED) is 0.916. The first-order chi connectivity index (χ1) is 9.51. The number of amides is 1. The minimum atomic E-state index is -1.06. The number of hydrogen-bond acceptors (Lipinski definition) is 2. The Balaban J connectivity index is 2.21. The molecule has 0 heterocycles. The van der Waals surface area contributed by atoms with Crippen LogP contribution in [0.15, 0.2) is 40.9 Å². The summed E-state index contributed by atoms with van der Waals surface area (Å²) in [7, 11) is 1.50. The van der Waals surface area contributed by atoms with Crippen LogP contribution in [0.4, 0.5) is 14.5 Å². The summed E-state index contributed by atoms with van der Waals surface area (Å²) in [6.07, 6.45) is 0. The SMILES string of the molecule is COc1cc(NC(=O)c2ccc(F)c(F)c2)ccc1Br. The molecule has 1 N–H and O–H groups in total. The number of rotatable bonds is 3. The van der Waals surface area contributed by atoms with Gasteiger partial charge in [0.25, 0.3) is 5.91 Å². The topological polar surface area (TPSA) is 38.3 Å². The number of methoxy groups -OCH3 is 1. The third-order valence-electron chi connectivity index (χ3n) is 2.59. The van der Waals surface area contributed by atoms with Crippen molar-refractivity contribution >= 4 is 27.5 Å². The Bertz CT molecular complexity index is 662. The summed E-state index contributed by atoms with van der Waals surface area (Å²) < 4.78 is 31.7. The number of benzene rings is 2. The Morgan fingerprint density at radius 2 is 1.90 bits per heavy atom. The van der Waals surface area contributed by atoms with Crippen LogP contribution in [0.2, 0.25) is 0 Å². The van der Waals surface area contributed by atoms with Gasteiger partial charge in [-0.15, -0.1) is 0 Å². The van der Waals surface area contributed by atoms with Gasteiger partial charge in [0.2, 0.25) is 0 Å². The van der Waals surface area contributed by atoms with Gasteiger partial charge in [0.15, 0.2) is 11.6 Å². The van der Waals surface area contributed by atoms with Gasteiger partial charge in [0.1, 0.15) is 5.75 Å². The Morgan fingerprint density at radius 1 is 1.15 bits per heavy atom. The van der Waals surface area contributed by atoms with Gasteiger partial charge in [0, 0.05) is 17.3 Å². The van der Waals surface area contributed by atoms with Gasteiger partial charge in [-0.2, -0.15) is 0 Å². The van der Waals surface area contributed by atoms with Gasteiger partial charge in [-0.3, -0.25) is 4.79 Å². The second-order valence-electron chi connectivity index (χ2n) is 3.93. The van der Waals surface area contributed by atoms with Crippen LogP contribution in [0.3, 0.4) is 0 Å². The molecule has 3 nitrogen and oxygen atoms in total. The van der Waals surface area contributed by atoms with E-state index in [4.69, 9.17) is 4.74 Å². The van der Waals surface area contributed by atoms with Crippen LogP contribution in [-0.2, 0) is 0 Å². The number of halogens is 3. The summed E-state index contributed by atoms with van der Waals surface area (Å²) in [5.41, 5.74) is 0.519. The van der Waals surface area contributed by atoms with E-state index in [-0.39, 0.29) is 5.56 Å². The van der Waals surface area contributed by atoms with E-state index in [1.165, 1.54) is 13.2 Å². The van der Waals surface area contributed by atoms with Crippen molar-refractivity contribution in [1.82, 2.24) is 0 Å². The Hall–Kier alpha value is -1.95. The van der Waals surface area contributed by atoms with Gasteiger partial charge in [-0.25, -0.2) is 8.78 Å². The monoisotopic (exact) mass is 341 g/mol. The molecule has 2 aromatic carbocycles. The molecule has 0 aliphatic rings. The van der Waals surface area contributed by atoms with Crippen LogP contribution in [0.25, 0.3) is 0 Å². The van der Waals surface area contributed by atoms with Crippen LogP contribution in [0.1, 0.15) is 10.4 Å². The molecule has 2 rings (SSSR count). The second kappa shape index (κ2) is 6.00. The molecule has 0 fully saturated rings. The summed E-state index contributed by atoms with van der Waals surface area (Å²) in [4.78, 5) is 11.9.